The lowest BCUT2D eigenvalue weighted by Gasteiger charge is -2.16. The van der Waals surface area contributed by atoms with Gasteiger partial charge in [0.1, 0.15) is 5.75 Å². The number of aryl methyl sites for hydroxylation is 1. The highest BCUT2D eigenvalue weighted by Crippen LogP contribution is 2.31. The van der Waals surface area contributed by atoms with Gasteiger partial charge in [0.15, 0.2) is 0 Å². The van der Waals surface area contributed by atoms with Gasteiger partial charge in [0.05, 0.1) is 12.6 Å². The van der Waals surface area contributed by atoms with Crippen molar-refractivity contribution in [2.75, 3.05) is 6.61 Å². The number of ether oxygens (including phenoxy) is 1. The van der Waals surface area contributed by atoms with Crippen molar-refractivity contribution < 1.29 is 4.74 Å². The minimum atomic E-state index is -0.224. The lowest BCUT2D eigenvalue weighted by molar-refractivity contribution is 0.340. The molecule has 4 heteroatoms. The SMILES string of the molecule is CCOc1ccc(C(N)c2ccc(C)c(Cl)c2)c(Br)c1. The Labute approximate surface area is 133 Å². The van der Waals surface area contributed by atoms with Crippen LogP contribution in [0.15, 0.2) is 40.9 Å². The fraction of sp³-hybridized carbons (Fsp3) is 0.250. The largest absolute Gasteiger partial charge is 0.494 e. The van der Waals surface area contributed by atoms with Crippen molar-refractivity contribution in [3.8, 4) is 5.75 Å². The van der Waals surface area contributed by atoms with E-state index in [1.165, 1.54) is 0 Å². The van der Waals surface area contributed by atoms with Gasteiger partial charge in [0.25, 0.3) is 0 Å². The van der Waals surface area contributed by atoms with Gasteiger partial charge in [0, 0.05) is 9.50 Å². The van der Waals surface area contributed by atoms with Crippen LogP contribution in [0.4, 0.5) is 0 Å². The third-order valence-electron chi connectivity index (χ3n) is 3.17. The quantitative estimate of drug-likeness (QED) is 0.851. The first kappa shape index (κ1) is 15.4. The molecule has 0 spiro atoms. The summed E-state index contributed by atoms with van der Waals surface area (Å²) in [6.45, 7) is 4.58. The van der Waals surface area contributed by atoms with Gasteiger partial charge >= 0.3 is 0 Å². The number of hydrogen-bond donors (Lipinski definition) is 1. The lowest BCUT2D eigenvalue weighted by Crippen LogP contribution is -2.12. The molecule has 106 valence electrons. The zero-order chi connectivity index (χ0) is 14.7. The number of nitrogens with two attached hydrogens (primary N) is 1. The van der Waals surface area contributed by atoms with Gasteiger partial charge in [-0.15, -0.1) is 0 Å². The van der Waals surface area contributed by atoms with E-state index >= 15 is 0 Å². The topological polar surface area (TPSA) is 35.2 Å². The normalized spacial score (nSPS) is 12.2. The molecule has 0 radical (unpaired) electrons. The highest BCUT2D eigenvalue weighted by molar-refractivity contribution is 9.10. The Morgan fingerprint density at radius 1 is 1.25 bits per heavy atom. The Balaban J connectivity index is 2.32. The van der Waals surface area contributed by atoms with Crippen LogP contribution in [0.3, 0.4) is 0 Å². The van der Waals surface area contributed by atoms with Crippen LogP contribution in [0, 0.1) is 6.92 Å². The Morgan fingerprint density at radius 2 is 2.00 bits per heavy atom. The second-order valence-electron chi connectivity index (χ2n) is 4.60. The van der Waals surface area contributed by atoms with E-state index in [-0.39, 0.29) is 6.04 Å². The van der Waals surface area contributed by atoms with Gasteiger partial charge in [-0.25, -0.2) is 0 Å². The molecule has 0 amide bonds. The van der Waals surface area contributed by atoms with Gasteiger partial charge in [-0.05, 0) is 48.7 Å². The van der Waals surface area contributed by atoms with E-state index in [1.807, 2.05) is 50.2 Å². The third-order valence-corrected chi connectivity index (χ3v) is 4.27. The molecule has 2 aromatic carbocycles. The molecule has 0 saturated heterocycles. The Kier molecular flexibility index (Phi) is 5.08. The molecule has 1 unspecified atom stereocenters. The Bertz CT molecular complexity index is 615. The van der Waals surface area contributed by atoms with E-state index in [0.29, 0.717) is 6.61 Å². The number of halogens is 2. The fourth-order valence-corrected chi connectivity index (χ4v) is 2.79. The summed E-state index contributed by atoms with van der Waals surface area (Å²) in [5.74, 6) is 0.831. The minimum Gasteiger partial charge on any atom is -0.494 e. The number of hydrogen-bond acceptors (Lipinski definition) is 2. The summed E-state index contributed by atoms with van der Waals surface area (Å²) >= 11 is 9.72. The minimum absolute atomic E-state index is 0.224. The van der Waals surface area contributed by atoms with Gasteiger partial charge in [-0.3, -0.25) is 0 Å². The van der Waals surface area contributed by atoms with E-state index in [0.717, 1.165) is 31.9 Å². The average Bonchev–Trinajstić information content (AvgIpc) is 2.42. The van der Waals surface area contributed by atoms with Crippen molar-refractivity contribution in [2.45, 2.75) is 19.9 Å². The summed E-state index contributed by atoms with van der Waals surface area (Å²) in [5, 5.41) is 0.736. The molecule has 20 heavy (non-hydrogen) atoms. The van der Waals surface area contributed by atoms with Crippen molar-refractivity contribution >= 4 is 27.5 Å². The fourth-order valence-electron chi connectivity index (χ4n) is 2.00. The first-order chi connectivity index (χ1) is 9.52. The summed E-state index contributed by atoms with van der Waals surface area (Å²) in [7, 11) is 0. The number of benzene rings is 2. The predicted octanol–water partition coefficient (Wildman–Crippen LogP) is 4.86. The van der Waals surface area contributed by atoms with Crippen molar-refractivity contribution in [1.82, 2.24) is 0 Å². The zero-order valence-electron chi connectivity index (χ0n) is 11.5. The zero-order valence-corrected chi connectivity index (χ0v) is 13.8. The second kappa shape index (κ2) is 6.61. The second-order valence-corrected chi connectivity index (χ2v) is 5.86. The highest BCUT2D eigenvalue weighted by atomic mass is 79.9. The molecule has 0 saturated carbocycles. The summed E-state index contributed by atoms with van der Waals surface area (Å²) in [6, 6.07) is 11.5. The summed E-state index contributed by atoms with van der Waals surface area (Å²) in [4.78, 5) is 0. The molecule has 1 atom stereocenters. The van der Waals surface area contributed by atoms with E-state index in [4.69, 9.17) is 22.1 Å². The van der Waals surface area contributed by atoms with Gasteiger partial charge in [-0.2, -0.15) is 0 Å². The third kappa shape index (κ3) is 3.35. The summed E-state index contributed by atoms with van der Waals surface area (Å²) in [6.07, 6.45) is 0. The molecule has 2 rings (SSSR count). The molecule has 2 N–H and O–H groups in total. The maximum Gasteiger partial charge on any atom is 0.120 e. The van der Waals surface area contributed by atoms with E-state index in [2.05, 4.69) is 15.9 Å². The molecule has 0 aliphatic carbocycles. The van der Waals surface area contributed by atoms with Crippen LogP contribution in [-0.2, 0) is 0 Å². The van der Waals surface area contributed by atoms with Crippen LogP contribution in [0.2, 0.25) is 5.02 Å². The smallest absolute Gasteiger partial charge is 0.120 e. The van der Waals surface area contributed by atoms with Crippen molar-refractivity contribution in [3.63, 3.8) is 0 Å². The lowest BCUT2D eigenvalue weighted by atomic mass is 9.98. The molecule has 0 aliphatic heterocycles. The molecule has 2 aromatic rings. The molecule has 0 aliphatic rings. The highest BCUT2D eigenvalue weighted by Gasteiger charge is 2.14. The predicted molar refractivity (Wildman–Crippen MR) is 87.5 cm³/mol. The number of rotatable bonds is 4. The molecule has 0 aromatic heterocycles. The van der Waals surface area contributed by atoms with Gasteiger partial charge in [0.2, 0.25) is 0 Å². The van der Waals surface area contributed by atoms with Crippen LogP contribution < -0.4 is 10.5 Å². The van der Waals surface area contributed by atoms with Gasteiger partial charge < -0.3 is 10.5 Å². The molecule has 2 nitrogen and oxygen atoms in total. The maximum atomic E-state index is 6.33. The molecular weight excluding hydrogens is 338 g/mol. The molecule has 0 heterocycles. The molecule has 0 fully saturated rings. The van der Waals surface area contributed by atoms with Crippen molar-refractivity contribution in [3.05, 3.63) is 62.6 Å². The summed E-state index contributed by atoms with van der Waals surface area (Å²) < 4.78 is 6.41. The van der Waals surface area contributed by atoms with Crippen LogP contribution in [0.5, 0.6) is 5.75 Å². The van der Waals surface area contributed by atoms with E-state index in [9.17, 15) is 0 Å². The Morgan fingerprint density at radius 3 is 2.60 bits per heavy atom. The first-order valence-electron chi connectivity index (χ1n) is 6.46. The van der Waals surface area contributed by atoms with Crippen LogP contribution in [0.25, 0.3) is 0 Å². The van der Waals surface area contributed by atoms with Crippen LogP contribution >= 0.6 is 27.5 Å². The van der Waals surface area contributed by atoms with Crippen LogP contribution in [-0.4, -0.2) is 6.61 Å². The summed E-state index contributed by atoms with van der Waals surface area (Å²) in [5.41, 5.74) is 9.38. The monoisotopic (exact) mass is 353 g/mol. The average molecular weight is 355 g/mol. The van der Waals surface area contributed by atoms with E-state index < -0.39 is 0 Å². The maximum absolute atomic E-state index is 6.33. The molecule has 0 bridgehead atoms. The standard InChI is InChI=1S/C16H17BrClNO/c1-3-20-12-6-7-13(14(17)9-12)16(19)11-5-4-10(2)15(18)8-11/h4-9,16H,3,19H2,1-2H3. The van der Waals surface area contributed by atoms with E-state index in [1.54, 1.807) is 0 Å². The van der Waals surface area contributed by atoms with Crippen molar-refractivity contribution in [1.29, 1.82) is 0 Å². The van der Waals surface area contributed by atoms with Crippen LogP contribution in [0.1, 0.15) is 29.7 Å². The first-order valence-corrected chi connectivity index (χ1v) is 7.64. The Hall–Kier alpha value is -1.03. The van der Waals surface area contributed by atoms with Gasteiger partial charge in [-0.1, -0.05) is 45.7 Å². The molecular formula is C16H17BrClNO. The van der Waals surface area contributed by atoms with Crippen molar-refractivity contribution in [2.24, 2.45) is 5.73 Å².